The van der Waals surface area contributed by atoms with E-state index in [9.17, 15) is 13.2 Å². The molecule has 21 heavy (non-hydrogen) atoms. The number of amides is 1. The van der Waals surface area contributed by atoms with Crippen molar-refractivity contribution in [3.8, 4) is 0 Å². The van der Waals surface area contributed by atoms with Gasteiger partial charge in [-0.2, -0.15) is 5.10 Å². The van der Waals surface area contributed by atoms with Crippen LogP contribution in [-0.2, 0) is 9.84 Å². The van der Waals surface area contributed by atoms with Crippen molar-refractivity contribution in [3.63, 3.8) is 0 Å². The number of hydrogen-bond acceptors (Lipinski definition) is 4. The third-order valence-electron chi connectivity index (χ3n) is 3.12. The van der Waals surface area contributed by atoms with Crippen LogP contribution >= 0.6 is 0 Å². The number of sulfone groups is 1. The molecule has 0 aromatic carbocycles. The molecule has 1 rings (SSSR count). The standard InChI is InChI=1S/C14H25N3O3S/c1-11(2)17-12(7-8-15-17)13(18)16(14(3,4)5)9-10-21(6,19)20/h7-8,11H,9-10H2,1-6H3. The molecule has 0 bridgehead atoms. The fourth-order valence-electron chi connectivity index (χ4n) is 2.03. The summed E-state index contributed by atoms with van der Waals surface area (Å²) < 4.78 is 24.4. The molecule has 0 N–H and O–H groups in total. The molecule has 6 nitrogen and oxygen atoms in total. The van der Waals surface area contributed by atoms with Gasteiger partial charge in [0.25, 0.3) is 5.91 Å². The summed E-state index contributed by atoms with van der Waals surface area (Å²) in [6.07, 6.45) is 2.77. The molecule has 1 amide bonds. The summed E-state index contributed by atoms with van der Waals surface area (Å²) in [5.74, 6) is -0.247. The van der Waals surface area contributed by atoms with Crippen molar-refractivity contribution in [1.29, 1.82) is 0 Å². The van der Waals surface area contributed by atoms with Crippen LogP contribution in [0.4, 0.5) is 0 Å². The van der Waals surface area contributed by atoms with E-state index in [4.69, 9.17) is 0 Å². The molecule has 0 fully saturated rings. The summed E-state index contributed by atoms with van der Waals surface area (Å²) in [7, 11) is -3.12. The first-order valence-electron chi connectivity index (χ1n) is 6.96. The maximum absolute atomic E-state index is 12.8. The maximum Gasteiger partial charge on any atom is 0.272 e. The predicted octanol–water partition coefficient (Wildman–Crippen LogP) is 1.75. The maximum atomic E-state index is 12.8. The lowest BCUT2D eigenvalue weighted by Gasteiger charge is -2.35. The third kappa shape index (κ3) is 4.84. The molecule has 7 heteroatoms. The zero-order valence-corrected chi connectivity index (χ0v) is 14.4. The Kier molecular flexibility index (Phi) is 5.20. The summed E-state index contributed by atoms with van der Waals surface area (Å²) in [4.78, 5) is 14.4. The van der Waals surface area contributed by atoms with Gasteiger partial charge in [0, 0.05) is 30.6 Å². The van der Waals surface area contributed by atoms with Gasteiger partial charge >= 0.3 is 0 Å². The molecule has 0 aliphatic rings. The molecule has 1 heterocycles. The van der Waals surface area contributed by atoms with E-state index in [0.29, 0.717) is 5.69 Å². The molecule has 1 aromatic heterocycles. The predicted molar refractivity (Wildman–Crippen MR) is 83.1 cm³/mol. The van der Waals surface area contributed by atoms with Crippen LogP contribution in [0.3, 0.4) is 0 Å². The Bertz CT molecular complexity index is 597. The number of carbonyl (C=O) groups is 1. The van der Waals surface area contributed by atoms with E-state index in [2.05, 4.69) is 5.10 Å². The van der Waals surface area contributed by atoms with E-state index in [1.165, 1.54) is 6.26 Å². The molecule has 0 aliphatic heterocycles. The van der Waals surface area contributed by atoms with Crippen molar-refractivity contribution in [2.24, 2.45) is 0 Å². The smallest absolute Gasteiger partial charge is 0.272 e. The van der Waals surface area contributed by atoms with Gasteiger partial charge in [0.2, 0.25) is 0 Å². The lowest BCUT2D eigenvalue weighted by Crippen LogP contribution is -2.48. The van der Waals surface area contributed by atoms with Crippen molar-refractivity contribution in [2.45, 2.75) is 46.2 Å². The first kappa shape index (κ1) is 17.7. The summed E-state index contributed by atoms with van der Waals surface area (Å²) in [6.45, 7) is 9.74. The van der Waals surface area contributed by atoms with Crippen LogP contribution < -0.4 is 0 Å². The van der Waals surface area contributed by atoms with E-state index >= 15 is 0 Å². The molecule has 0 unspecified atom stereocenters. The van der Waals surface area contributed by atoms with Crippen LogP contribution in [0.1, 0.15) is 51.1 Å². The largest absolute Gasteiger partial charge is 0.331 e. The molecule has 0 saturated carbocycles. The average Bonchev–Trinajstić information content (AvgIpc) is 2.73. The second-order valence-corrected chi connectivity index (χ2v) is 8.77. The van der Waals surface area contributed by atoms with E-state index in [-0.39, 0.29) is 24.2 Å². The van der Waals surface area contributed by atoms with E-state index in [0.717, 1.165) is 0 Å². The van der Waals surface area contributed by atoms with Crippen LogP contribution in [-0.4, -0.2) is 53.1 Å². The Balaban J connectivity index is 3.09. The van der Waals surface area contributed by atoms with Crippen molar-refractivity contribution in [3.05, 3.63) is 18.0 Å². The quantitative estimate of drug-likeness (QED) is 0.830. The molecular weight excluding hydrogens is 290 g/mol. The van der Waals surface area contributed by atoms with Gasteiger partial charge in [-0.3, -0.25) is 9.48 Å². The van der Waals surface area contributed by atoms with Crippen LogP contribution in [0.5, 0.6) is 0 Å². The number of nitrogens with zero attached hydrogens (tertiary/aromatic N) is 3. The zero-order chi connectivity index (χ0) is 16.4. The van der Waals surface area contributed by atoms with E-state index in [1.807, 2.05) is 34.6 Å². The molecule has 120 valence electrons. The van der Waals surface area contributed by atoms with Gasteiger partial charge in [0.1, 0.15) is 15.5 Å². The number of aromatic nitrogens is 2. The molecular formula is C14H25N3O3S. The number of carbonyl (C=O) groups excluding carboxylic acids is 1. The Labute approximate surface area is 127 Å². The Hall–Kier alpha value is -1.37. The van der Waals surface area contributed by atoms with Gasteiger partial charge in [-0.15, -0.1) is 0 Å². The van der Waals surface area contributed by atoms with Crippen LogP contribution in [0.15, 0.2) is 12.3 Å². The minimum absolute atomic E-state index is 0.0498. The van der Waals surface area contributed by atoms with Gasteiger partial charge in [-0.1, -0.05) is 0 Å². The Morgan fingerprint density at radius 3 is 2.38 bits per heavy atom. The SMILES string of the molecule is CC(C)n1nccc1C(=O)N(CCS(C)(=O)=O)C(C)(C)C. The second-order valence-electron chi connectivity index (χ2n) is 6.51. The van der Waals surface area contributed by atoms with E-state index in [1.54, 1.807) is 21.8 Å². The number of hydrogen-bond donors (Lipinski definition) is 0. The summed E-state index contributed by atoms with van der Waals surface area (Å²) in [6, 6.07) is 1.73. The summed E-state index contributed by atoms with van der Waals surface area (Å²) in [5.41, 5.74) is 0.0156. The molecule has 0 spiro atoms. The average molecular weight is 315 g/mol. The van der Waals surface area contributed by atoms with Crippen molar-refractivity contribution < 1.29 is 13.2 Å². The summed E-state index contributed by atoms with van der Waals surface area (Å²) in [5, 5.41) is 4.16. The lowest BCUT2D eigenvalue weighted by molar-refractivity contribution is 0.0586. The highest BCUT2D eigenvalue weighted by molar-refractivity contribution is 7.90. The Morgan fingerprint density at radius 1 is 1.38 bits per heavy atom. The van der Waals surface area contributed by atoms with Gasteiger partial charge in [-0.25, -0.2) is 8.42 Å². The fourth-order valence-corrected chi connectivity index (χ4v) is 2.55. The topological polar surface area (TPSA) is 72.3 Å². The normalized spacial score (nSPS) is 12.7. The zero-order valence-electron chi connectivity index (χ0n) is 13.6. The minimum Gasteiger partial charge on any atom is -0.331 e. The monoisotopic (exact) mass is 315 g/mol. The highest BCUT2D eigenvalue weighted by Gasteiger charge is 2.30. The highest BCUT2D eigenvalue weighted by Crippen LogP contribution is 2.19. The van der Waals surface area contributed by atoms with Crippen molar-refractivity contribution >= 4 is 15.7 Å². The second kappa shape index (κ2) is 6.17. The van der Waals surface area contributed by atoms with Crippen LogP contribution in [0.2, 0.25) is 0 Å². The first-order valence-corrected chi connectivity index (χ1v) is 9.03. The molecule has 0 radical (unpaired) electrons. The molecule has 0 aliphatic carbocycles. The van der Waals surface area contributed by atoms with Gasteiger partial charge in [-0.05, 0) is 40.7 Å². The lowest BCUT2D eigenvalue weighted by atomic mass is 10.1. The Morgan fingerprint density at radius 2 is 1.95 bits per heavy atom. The van der Waals surface area contributed by atoms with Gasteiger partial charge < -0.3 is 4.90 Å². The van der Waals surface area contributed by atoms with Crippen molar-refractivity contribution in [1.82, 2.24) is 14.7 Å². The first-order chi connectivity index (χ1) is 9.43. The fraction of sp³-hybridized carbons (Fsp3) is 0.714. The van der Waals surface area contributed by atoms with Gasteiger partial charge in [0.05, 0.1) is 5.75 Å². The third-order valence-corrected chi connectivity index (χ3v) is 4.04. The van der Waals surface area contributed by atoms with Crippen LogP contribution in [0.25, 0.3) is 0 Å². The number of rotatable bonds is 5. The highest BCUT2D eigenvalue weighted by atomic mass is 32.2. The van der Waals surface area contributed by atoms with Crippen LogP contribution in [0, 0.1) is 0 Å². The van der Waals surface area contributed by atoms with E-state index < -0.39 is 15.4 Å². The molecule has 1 aromatic rings. The van der Waals surface area contributed by atoms with Crippen molar-refractivity contribution in [2.75, 3.05) is 18.6 Å². The molecule has 0 atom stereocenters. The van der Waals surface area contributed by atoms with Gasteiger partial charge in [0.15, 0.2) is 0 Å². The molecule has 0 saturated heterocycles. The summed E-state index contributed by atoms with van der Waals surface area (Å²) >= 11 is 0. The minimum atomic E-state index is -3.12.